The molecule has 9 heteroatoms. The van der Waals surface area contributed by atoms with Crippen LogP contribution in [-0.2, 0) is 4.79 Å². The van der Waals surface area contributed by atoms with Crippen molar-refractivity contribution in [2.45, 2.75) is 0 Å². The Morgan fingerprint density at radius 3 is 2.44 bits per heavy atom. The van der Waals surface area contributed by atoms with Crippen molar-refractivity contribution in [3.05, 3.63) is 72.7 Å². The molecule has 2 aromatic carbocycles. The number of halogens is 3. The number of nitrogens with zero attached hydrogens (tertiary/aromatic N) is 2. The highest BCUT2D eigenvalue weighted by molar-refractivity contribution is 6.36. The molecule has 0 unspecified atom stereocenters. The van der Waals surface area contributed by atoms with Crippen LogP contribution in [0.1, 0.15) is 5.56 Å². The van der Waals surface area contributed by atoms with Gasteiger partial charge in [0.15, 0.2) is 0 Å². The first kappa shape index (κ1) is 18.7. The fourth-order valence-electron chi connectivity index (χ4n) is 1.83. The number of hydrogen-bond acceptors (Lipinski definition) is 4. The van der Waals surface area contributed by atoms with E-state index in [1.807, 2.05) is 0 Å². The summed E-state index contributed by atoms with van der Waals surface area (Å²) in [7, 11) is 0. The van der Waals surface area contributed by atoms with Crippen LogP contribution < -0.4 is 5.32 Å². The molecule has 0 saturated heterocycles. The summed E-state index contributed by atoms with van der Waals surface area (Å²) < 4.78 is 0. The number of nitrogens with one attached hydrogen (secondary N) is 1. The van der Waals surface area contributed by atoms with Gasteiger partial charge < -0.3 is 5.32 Å². The summed E-state index contributed by atoms with van der Waals surface area (Å²) >= 11 is 17.7. The van der Waals surface area contributed by atoms with Crippen LogP contribution in [0.2, 0.25) is 15.1 Å². The number of rotatable bonds is 4. The van der Waals surface area contributed by atoms with E-state index >= 15 is 0 Å². The van der Waals surface area contributed by atoms with E-state index in [-0.39, 0.29) is 27.0 Å². The van der Waals surface area contributed by atoms with Gasteiger partial charge in [-0.3, -0.25) is 14.9 Å². The van der Waals surface area contributed by atoms with Crippen LogP contribution in [0.4, 0.5) is 11.4 Å². The van der Waals surface area contributed by atoms with Gasteiger partial charge in [-0.25, -0.2) is 0 Å². The van der Waals surface area contributed by atoms with Gasteiger partial charge in [-0.05, 0) is 29.8 Å². The molecule has 0 atom stereocenters. The molecule has 0 spiro atoms. The third-order valence-corrected chi connectivity index (χ3v) is 3.91. The molecule has 2 aromatic rings. The summed E-state index contributed by atoms with van der Waals surface area (Å²) in [4.78, 5) is 22.3. The van der Waals surface area contributed by atoms with Gasteiger partial charge in [-0.15, -0.1) is 0 Å². The molecule has 0 heterocycles. The molecule has 0 fully saturated rings. The second-order valence-corrected chi connectivity index (χ2v) is 5.96. The summed E-state index contributed by atoms with van der Waals surface area (Å²) in [5.41, 5.74) is 0.138. The molecule has 25 heavy (non-hydrogen) atoms. The lowest BCUT2D eigenvalue weighted by molar-refractivity contribution is -0.384. The molecule has 6 nitrogen and oxygen atoms in total. The first-order chi connectivity index (χ1) is 11.8. The minimum Gasteiger partial charge on any atom is -0.320 e. The van der Waals surface area contributed by atoms with Crippen molar-refractivity contribution in [3.8, 4) is 6.07 Å². The third kappa shape index (κ3) is 4.70. The molecular formula is C16H8Cl3N3O3. The van der Waals surface area contributed by atoms with E-state index in [0.717, 1.165) is 6.07 Å². The van der Waals surface area contributed by atoms with Gasteiger partial charge in [0.1, 0.15) is 11.6 Å². The Morgan fingerprint density at radius 1 is 1.16 bits per heavy atom. The molecule has 0 aliphatic rings. The Morgan fingerprint density at radius 2 is 1.88 bits per heavy atom. The van der Waals surface area contributed by atoms with Crippen LogP contribution in [0.15, 0.2) is 42.0 Å². The van der Waals surface area contributed by atoms with E-state index in [1.54, 1.807) is 18.2 Å². The maximum atomic E-state index is 12.2. The lowest BCUT2D eigenvalue weighted by atomic mass is 10.1. The van der Waals surface area contributed by atoms with Crippen LogP contribution in [0.25, 0.3) is 6.08 Å². The molecule has 0 radical (unpaired) electrons. The van der Waals surface area contributed by atoms with Gasteiger partial charge in [0.2, 0.25) is 0 Å². The van der Waals surface area contributed by atoms with Crippen LogP contribution in [0.3, 0.4) is 0 Å². The van der Waals surface area contributed by atoms with Crippen molar-refractivity contribution >= 4 is 58.2 Å². The third-order valence-electron chi connectivity index (χ3n) is 3.04. The molecule has 126 valence electrons. The van der Waals surface area contributed by atoms with E-state index < -0.39 is 10.8 Å². The minimum absolute atomic E-state index is 0.0237. The van der Waals surface area contributed by atoms with E-state index in [0.29, 0.717) is 10.6 Å². The van der Waals surface area contributed by atoms with Crippen molar-refractivity contribution in [2.75, 3.05) is 5.32 Å². The lowest BCUT2D eigenvalue weighted by Gasteiger charge is -2.07. The molecule has 0 aliphatic heterocycles. The van der Waals surface area contributed by atoms with E-state index in [9.17, 15) is 20.2 Å². The molecule has 1 amide bonds. The van der Waals surface area contributed by atoms with Crippen molar-refractivity contribution in [1.82, 2.24) is 0 Å². The predicted octanol–water partition coefficient (Wildman–Crippen LogP) is 5.10. The Hall–Kier alpha value is -2.59. The predicted molar refractivity (Wildman–Crippen MR) is 96.8 cm³/mol. The fraction of sp³-hybridized carbons (Fsp3) is 0. The van der Waals surface area contributed by atoms with Gasteiger partial charge in [0.05, 0.1) is 15.6 Å². The molecule has 1 N–H and O–H groups in total. The Kier molecular flexibility index (Phi) is 5.99. The van der Waals surface area contributed by atoms with Gasteiger partial charge in [-0.1, -0.05) is 40.9 Å². The Bertz CT molecular complexity index is 936. The largest absolute Gasteiger partial charge is 0.320 e. The normalized spacial score (nSPS) is 10.9. The molecule has 0 aliphatic carbocycles. The average molecular weight is 397 g/mol. The zero-order chi connectivity index (χ0) is 18.6. The standard InChI is InChI=1S/C16H8Cl3N3O3/c17-11-2-1-9(13(18)6-11)5-10(8-20)16(23)21-15-4-3-12(22(24)25)7-14(15)19/h1-7H,(H,21,23). The highest BCUT2D eigenvalue weighted by Crippen LogP contribution is 2.27. The number of nitro groups is 1. The zero-order valence-corrected chi connectivity index (χ0v) is 14.6. The van der Waals surface area contributed by atoms with E-state index in [4.69, 9.17) is 34.8 Å². The smallest absolute Gasteiger partial charge is 0.271 e. The monoisotopic (exact) mass is 395 g/mol. The molecular weight excluding hydrogens is 389 g/mol. The van der Waals surface area contributed by atoms with Gasteiger partial charge in [-0.2, -0.15) is 5.26 Å². The molecule has 0 saturated carbocycles. The molecule has 2 rings (SSSR count). The highest BCUT2D eigenvalue weighted by atomic mass is 35.5. The maximum absolute atomic E-state index is 12.2. The summed E-state index contributed by atoms with van der Waals surface area (Å²) in [5.74, 6) is -0.732. The minimum atomic E-state index is -0.732. The number of hydrogen-bond donors (Lipinski definition) is 1. The second-order valence-electron chi connectivity index (χ2n) is 4.71. The quantitative estimate of drug-likeness (QED) is 0.336. The lowest BCUT2D eigenvalue weighted by Crippen LogP contribution is -2.13. The number of nitro benzene ring substituents is 1. The van der Waals surface area contributed by atoms with Crippen LogP contribution in [0.5, 0.6) is 0 Å². The number of nitriles is 1. The maximum Gasteiger partial charge on any atom is 0.271 e. The second kappa shape index (κ2) is 7.99. The van der Waals surface area contributed by atoms with Crippen molar-refractivity contribution in [1.29, 1.82) is 5.26 Å². The van der Waals surface area contributed by atoms with Gasteiger partial charge in [0.25, 0.3) is 11.6 Å². The Labute approximate surface area is 157 Å². The summed E-state index contributed by atoms with van der Waals surface area (Å²) in [5, 5.41) is 23.0. The summed E-state index contributed by atoms with van der Waals surface area (Å²) in [6.07, 6.45) is 1.30. The number of carbonyl (C=O) groups excluding carboxylic acids is 1. The summed E-state index contributed by atoms with van der Waals surface area (Å²) in [6.45, 7) is 0. The first-order valence-electron chi connectivity index (χ1n) is 6.64. The number of carbonyl (C=O) groups is 1. The van der Waals surface area contributed by atoms with Crippen LogP contribution in [0, 0.1) is 21.4 Å². The average Bonchev–Trinajstić information content (AvgIpc) is 2.55. The Balaban J connectivity index is 2.28. The van der Waals surface area contributed by atoms with Crippen LogP contribution >= 0.6 is 34.8 Å². The van der Waals surface area contributed by atoms with Crippen molar-refractivity contribution < 1.29 is 9.72 Å². The molecule has 0 aromatic heterocycles. The van der Waals surface area contributed by atoms with Crippen LogP contribution in [-0.4, -0.2) is 10.8 Å². The summed E-state index contributed by atoms with van der Waals surface area (Å²) in [6, 6.07) is 9.95. The van der Waals surface area contributed by atoms with Crippen molar-refractivity contribution in [3.63, 3.8) is 0 Å². The fourth-order valence-corrected chi connectivity index (χ4v) is 2.52. The highest BCUT2D eigenvalue weighted by Gasteiger charge is 2.15. The zero-order valence-electron chi connectivity index (χ0n) is 12.3. The first-order valence-corrected chi connectivity index (χ1v) is 7.77. The van der Waals surface area contributed by atoms with Crippen molar-refractivity contribution in [2.24, 2.45) is 0 Å². The number of non-ortho nitro benzene ring substituents is 1. The number of anilines is 1. The van der Waals surface area contributed by atoms with Gasteiger partial charge in [0, 0.05) is 22.2 Å². The number of amides is 1. The van der Waals surface area contributed by atoms with E-state index in [1.165, 1.54) is 24.3 Å². The topological polar surface area (TPSA) is 96.0 Å². The van der Waals surface area contributed by atoms with Gasteiger partial charge >= 0.3 is 0 Å². The molecule has 0 bridgehead atoms. The SMILES string of the molecule is N#CC(=Cc1ccc(Cl)cc1Cl)C(=O)Nc1ccc([N+](=O)[O-])cc1Cl. The number of benzene rings is 2. The van der Waals surface area contributed by atoms with E-state index in [2.05, 4.69) is 5.32 Å².